The number of hydrogen-bond acceptors (Lipinski definition) is 4. The Balaban J connectivity index is 2.16. The largest absolute Gasteiger partial charge is 0.508 e. The Bertz CT molecular complexity index is 665. The molecule has 1 atom stereocenters. The zero-order valence-corrected chi connectivity index (χ0v) is 11.9. The number of fused-ring (bicyclic) bond motifs is 1. The van der Waals surface area contributed by atoms with E-state index in [0.29, 0.717) is 0 Å². The molecule has 4 heteroatoms. The number of benzene rings is 2. The highest BCUT2D eigenvalue weighted by molar-refractivity contribution is 5.56. The van der Waals surface area contributed by atoms with E-state index < -0.39 is 0 Å². The highest BCUT2D eigenvalue weighted by atomic mass is 16.3. The van der Waals surface area contributed by atoms with Gasteiger partial charge in [-0.05, 0) is 60.3 Å². The van der Waals surface area contributed by atoms with Crippen molar-refractivity contribution >= 4 is 0 Å². The van der Waals surface area contributed by atoms with E-state index in [1.807, 2.05) is 19.1 Å². The van der Waals surface area contributed by atoms with E-state index in [1.54, 1.807) is 18.2 Å². The maximum absolute atomic E-state index is 10.1. The van der Waals surface area contributed by atoms with Crippen molar-refractivity contribution in [1.29, 1.82) is 0 Å². The van der Waals surface area contributed by atoms with Crippen molar-refractivity contribution in [3.63, 3.8) is 0 Å². The molecule has 4 N–H and O–H groups in total. The van der Waals surface area contributed by atoms with Crippen LogP contribution in [-0.2, 0) is 6.42 Å². The maximum Gasteiger partial charge on any atom is 0.160 e. The van der Waals surface area contributed by atoms with Gasteiger partial charge in [0.1, 0.15) is 5.75 Å². The first-order valence-corrected chi connectivity index (χ1v) is 7.12. The summed E-state index contributed by atoms with van der Waals surface area (Å²) in [5.41, 5.74) is 3.94. The van der Waals surface area contributed by atoms with Gasteiger partial charge in [-0.3, -0.25) is 0 Å². The van der Waals surface area contributed by atoms with Crippen molar-refractivity contribution < 1.29 is 15.3 Å². The Morgan fingerprint density at radius 1 is 1.10 bits per heavy atom. The molecule has 0 aliphatic carbocycles. The lowest BCUT2D eigenvalue weighted by molar-refractivity contribution is 0.399. The molecule has 0 aromatic heterocycles. The topological polar surface area (TPSA) is 72.7 Å². The molecule has 0 unspecified atom stereocenters. The second-order valence-corrected chi connectivity index (χ2v) is 5.54. The van der Waals surface area contributed by atoms with Crippen LogP contribution < -0.4 is 5.32 Å². The quantitative estimate of drug-likeness (QED) is 0.607. The lowest BCUT2D eigenvalue weighted by Gasteiger charge is -2.22. The van der Waals surface area contributed by atoms with Crippen LogP contribution in [0.1, 0.15) is 28.2 Å². The fraction of sp³-hybridized carbons (Fsp3) is 0.294. The first-order valence-electron chi connectivity index (χ1n) is 7.12. The number of phenols is 3. The number of phenolic OH excluding ortho intramolecular Hbond substituents is 3. The first-order chi connectivity index (χ1) is 10.1. The van der Waals surface area contributed by atoms with Crippen LogP contribution in [0.4, 0.5) is 0 Å². The summed E-state index contributed by atoms with van der Waals surface area (Å²) in [4.78, 5) is 0. The first kappa shape index (κ1) is 13.8. The molecule has 1 aliphatic heterocycles. The zero-order chi connectivity index (χ0) is 15.0. The van der Waals surface area contributed by atoms with Crippen LogP contribution in [0.15, 0.2) is 30.3 Å². The highest BCUT2D eigenvalue weighted by Crippen LogP contribution is 2.40. The van der Waals surface area contributed by atoms with Gasteiger partial charge < -0.3 is 20.6 Å². The van der Waals surface area contributed by atoms with Gasteiger partial charge in [-0.25, -0.2) is 0 Å². The Morgan fingerprint density at radius 3 is 2.52 bits per heavy atom. The summed E-state index contributed by atoms with van der Waals surface area (Å²) in [6, 6.07) is 8.82. The monoisotopic (exact) mass is 285 g/mol. The van der Waals surface area contributed by atoms with Crippen LogP contribution >= 0.6 is 0 Å². The van der Waals surface area contributed by atoms with E-state index in [0.717, 1.165) is 41.8 Å². The van der Waals surface area contributed by atoms with E-state index in [2.05, 4.69) is 5.32 Å². The average molecular weight is 285 g/mol. The SMILES string of the molecule is Cc1c(O)c(O)cc2c1[C@@H](c1ccc(O)cc1)CNCC2. The molecular formula is C17H19NO3. The van der Waals surface area contributed by atoms with Crippen LogP contribution in [0.5, 0.6) is 17.2 Å². The normalized spacial score (nSPS) is 18.0. The summed E-state index contributed by atoms with van der Waals surface area (Å²) in [6.45, 7) is 3.45. The lowest BCUT2D eigenvalue weighted by atomic mass is 9.84. The fourth-order valence-electron chi connectivity index (χ4n) is 3.13. The molecule has 4 nitrogen and oxygen atoms in total. The summed E-state index contributed by atoms with van der Waals surface area (Å²) in [7, 11) is 0. The molecule has 1 heterocycles. The van der Waals surface area contributed by atoms with Crippen LogP contribution in [0, 0.1) is 6.92 Å². The molecule has 0 saturated heterocycles. The van der Waals surface area contributed by atoms with Gasteiger partial charge in [-0.1, -0.05) is 12.1 Å². The summed E-state index contributed by atoms with van der Waals surface area (Å²) in [6.07, 6.45) is 0.818. The van der Waals surface area contributed by atoms with E-state index in [9.17, 15) is 15.3 Å². The van der Waals surface area contributed by atoms with E-state index in [-0.39, 0.29) is 23.2 Å². The minimum atomic E-state index is -0.0578. The third kappa shape index (κ3) is 2.43. The fourth-order valence-corrected chi connectivity index (χ4v) is 3.13. The zero-order valence-electron chi connectivity index (χ0n) is 11.9. The smallest absolute Gasteiger partial charge is 0.160 e. The van der Waals surface area contributed by atoms with Crippen LogP contribution in [0.3, 0.4) is 0 Å². The average Bonchev–Trinajstić information content (AvgIpc) is 2.68. The molecular weight excluding hydrogens is 266 g/mol. The van der Waals surface area contributed by atoms with Crippen molar-refractivity contribution in [2.45, 2.75) is 19.3 Å². The number of aromatic hydroxyl groups is 3. The van der Waals surface area contributed by atoms with Gasteiger partial charge in [0.15, 0.2) is 11.5 Å². The molecule has 2 aromatic carbocycles. The van der Waals surface area contributed by atoms with Crippen molar-refractivity contribution in [2.75, 3.05) is 13.1 Å². The van der Waals surface area contributed by atoms with E-state index in [1.165, 1.54) is 0 Å². The molecule has 21 heavy (non-hydrogen) atoms. The minimum absolute atomic E-state index is 0.0422. The number of rotatable bonds is 1. The summed E-state index contributed by atoms with van der Waals surface area (Å²) in [5, 5.41) is 32.7. The molecule has 2 aromatic rings. The Hall–Kier alpha value is -2.20. The van der Waals surface area contributed by atoms with Crippen molar-refractivity contribution in [3.8, 4) is 17.2 Å². The van der Waals surface area contributed by atoms with Crippen molar-refractivity contribution in [1.82, 2.24) is 5.32 Å². The highest BCUT2D eigenvalue weighted by Gasteiger charge is 2.25. The maximum atomic E-state index is 10.1. The summed E-state index contributed by atoms with van der Waals surface area (Å²) in [5.74, 6) is 0.234. The van der Waals surface area contributed by atoms with Crippen LogP contribution in [0.2, 0.25) is 0 Å². The molecule has 0 saturated carbocycles. The van der Waals surface area contributed by atoms with Crippen LogP contribution in [-0.4, -0.2) is 28.4 Å². The van der Waals surface area contributed by atoms with Gasteiger partial charge in [-0.15, -0.1) is 0 Å². The molecule has 0 radical (unpaired) electrons. The predicted molar refractivity (Wildman–Crippen MR) is 81.0 cm³/mol. The van der Waals surface area contributed by atoms with Gasteiger partial charge in [-0.2, -0.15) is 0 Å². The predicted octanol–water partition coefficient (Wildman–Crippen LogP) is 2.39. The number of hydrogen-bond donors (Lipinski definition) is 4. The Labute approximate surface area is 123 Å². The van der Waals surface area contributed by atoms with Gasteiger partial charge in [0.05, 0.1) is 0 Å². The van der Waals surface area contributed by atoms with E-state index >= 15 is 0 Å². The third-order valence-corrected chi connectivity index (χ3v) is 4.22. The van der Waals surface area contributed by atoms with Gasteiger partial charge in [0, 0.05) is 12.5 Å². The second kappa shape index (κ2) is 5.30. The number of nitrogens with one attached hydrogen (secondary N) is 1. The Morgan fingerprint density at radius 2 is 1.81 bits per heavy atom. The van der Waals surface area contributed by atoms with Gasteiger partial charge in [0.2, 0.25) is 0 Å². The molecule has 0 amide bonds. The van der Waals surface area contributed by atoms with Crippen molar-refractivity contribution in [3.05, 3.63) is 52.6 Å². The molecule has 0 spiro atoms. The third-order valence-electron chi connectivity index (χ3n) is 4.22. The molecule has 110 valence electrons. The molecule has 3 rings (SSSR count). The minimum Gasteiger partial charge on any atom is -0.508 e. The molecule has 1 aliphatic rings. The second-order valence-electron chi connectivity index (χ2n) is 5.54. The van der Waals surface area contributed by atoms with Crippen molar-refractivity contribution in [2.24, 2.45) is 0 Å². The molecule has 0 fully saturated rings. The van der Waals surface area contributed by atoms with Gasteiger partial charge in [0.25, 0.3) is 0 Å². The molecule has 0 bridgehead atoms. The standard InChI is InChI=1S/C17H19NO3/c1-10-16-12(8-15(20)17(10)21)6-7-18-9-14(16)11-2-4-13(19)5-3-11/h2-5,8,14,18-21H,6-7,9H2,1H3/t14-/m1/s1. The lowest BCUT2D eigenvalue weighted by Crippen LogP contribution is -2.21. The summed E-state index contributed by atoms with van der Waals surface area (Å²) < 4.78 is 0. The van der Waals surface area contributed by atoms with Gasteiger partial charge >= 0.3 is 0 Å². The summed E-state index contributed by atoms with van der Waals surface area (Å²) >= 11 is 0. The van der Waals surface area contributed by atoms with E-state index in [4.69, 9.17) is 0 Å². The van der Waals surface area contributed by atoms with Crippen LogP contribution in [0.25, 0.3) is 0 Å². The Kier molecular flexibility index (Phi) is 3.47.